The third-order valence-electron chi connectivity index (χ3n) is 13.4. The molecule has 0 aromatic heterocycles. The molecule has 0 saturated carbocycles. The largest absolute Gasteiger partial charge is 0.350 e. The van der Waals surface area contributed by atoms with Crippen molar-refractivity contribution in [3.8, 4) is 11.1 Å². The number of nitrogens with one attached hydrogen (secondary N) is 1. The number of hydrazone groups is 1. The summed E-state index contributed by atoms with van der Waals surface area (Å²) < 4.78 is 61.7. The number of hydrogen-bond donors (Lipinski definition) is 2. The van der Waals surface area contributed by atoms with Gasteiger partial charge in [0.25, 0.3) is 0 Å². The Labute approximate surface area is 404 Å². The molecule has 3 rings (SSSR count). The van der Waals surface area contributed by atoms with Gasteiger partial charge in [-0.15, -0.1) is 0 Å². The van der Waals surface area contributed by atoms with Gasteiger partial charge in [0.1, 0.15) is 0 Å². The molecule has 0 saturated heterocycles. The number of nitrogens with two attached hydrogens (primary N) is 1. The molecule has 0 atom stereocenters. The first-order valence-corrected chi connectivity index (χ1v) is 29.8. The number of fused-ring (bicyclic) bond motifs is 3. The number of rotatable bonds is 41. The van der Waals surface area contributed by atoms with Crippen LogP contribution in [0.3, 0.4) is 0 Å². The maximum absolute atomic E-state index is 14.6. The molecule has 2 aromatic rings. The fraction of sp³-hybridized carbons (Fsp3) is 0.741. The molecule has 0 aliphatic heterocycles. The Morgan fingerprint density at radius 3 is 0.939 bits per heavy atom. The summed E-state index contributed by atoms with van der Waals surface area (Å²) in [6.07, 6.45) is 36.2. The lowest BCUT2D eigenvalue weighted by Crippen LogP contribution is -2.33. The lowest BCUT2D eigenvalue weighted by molar-refractivity contribution is 0.249. The Morgan fingerprint density at radius 1 is 0.424 bits per heavy atom. The molecule has 3 N–H and O–H groups in total. The van der Waals surface area contributed by atoms with Crippen LogP contribution in [0.4, 0.5) is 4.79 Å². The highest BCUT2D eigenvalue weighted by molar-refractivity contribution is 7.89. The van der Waals surface area contributed by atoms with Gasteiger partial charge in [0.15, 0.2) is 0 Å². The summed E-state index contributed by atoms with van der Waals surface area (Å²) in [6, 6.07) is 9.34. The molecule has 12 heteroatoms. The number of sulfonamides is 2. The van der Waals surface area contributed by atoms with Gasteiger partial charge < -0.3 is 5.73 Å². The predicted molar refractivity (Wildman–Crippen MR) is 278 cm³/mol. The first-order valence-electron chi connectivity index (χ1n) is 26.9. The van der Waals surface area contributed by atoms with Crippen LogP contribution >= 0.6 is 0 Å². The van der Waals surface area contributed by atoms with Gasteiger partial charge in [-0.05, 0) is 61.1 Å². The number of carbonyl (C=O) groups excluding carboxylic acids is 1. The van der Waals surface area contributed by atoms with Gasteiger partial charge >= 0.3 is 6.03 Å². The molecular formula is C54H93N5O5S2. The van der Waals surface area contributed by atoms with Crippen molar-refractivity contribution in [2.24, 2.45) is 10.8 Å². The normalized spacial score (nSPS) is 12.6. The monoisotopic (exact) mass is 956 g/mol. The maximum atomic E-state index is 14.6. The minimum atomic E-state index is -3.89. The van der Waals surface area contributed by atoms with Gasteiger partial charge in [0.2, 0.25) is 20.0 Å². The topological polar surface area (TPSA) is 142 Å². The van der Waals surface area contributed by atoms with E-state index in [2.05, 4.69) is 38.2 Å². The van der Waals surface area contributed by atoms with Crippen molar-refractivity contribution < 1.29 is 21.6 Å². The van der Waals surface area contributed by atoms with Crippen molar-refractivity contribution >= 4 is 31.8 Å². The molecule has 0 bridgehead atoms. The van der Waals surface area contributed by atoms with E-state index in [9.17, 15) is 21.6 Å². The quantitative estimate of drug-likeness (QED) is 0.0430. The molecule has 0 heterocycles. The molecule has 0 fully saturated rings. The average molecular weight is 957 g/mol. The Kier molecular flexibility index (Phi) is 29.3. The molecule has 1 aliphatic carbocycles. The van der Waals surface area contributed by atoms with E-state index in [0.717, 1.165) is 88.2 Å². The second-order valence-electron chi connectivity index (χ2n) is 19.1. The third-order valence-corrected chi connectivity index (χ3v) is 17.2. The van der Waals surface area contributed by atoms with E-state index < -0.39 is 26.1 Å². The Morgan fingerprint density at radius 2 is 0.682 bits per heavy atom. The van der Waals surface area contributed by atoms with Crippen LogP contribution in [-0.4, -0.2) is 63.4 Å². The molecule has 376 valence electrons. The van der Waals surface area contributed by atoms with Crippen LogP contribution in [0, 0.1) is 0 Å². The molecular weight excluding hydrogens is 863 g/mol. The first kappa shape index (κ1) is 57.5. The highest BCUT2D eigenvalue weighted by atomic mass is 32.2. The minimum Gasteiger partial charge on any atom is -0.350 e. The maximum Gasteiger partial charge on any atom is 0.332 e. The summed E-state index contributed by atoms with van der Waals surface area (Å²) in [5.74, 6) is 0. The average Bonchev–Trinajstić information content (AvgIpc) is 3.62. The van der Waals surface area contributed by atoms with Crippen molar-refractivity contribution in [2.45, 2.75) is 243 Å². The van der Waals surface area contributed by atoms with Crippen molar-refractivity contribution in [2.75, 3.05) is 26.2 Å². The Hall–Kier alpha value is -2.80. The van der Waals surface area contributed by atoms with E-state index in [1.54, 1.807) is 45.0 Å². The summed E-state index contributed by atoms with van der Waals surface area (Å²) >= 11 is 0. The number of benzene rings is 2. The zero-order chi connectivity index (χ0) is 47.9. The van der Waals surface area contributed by atoms with E-state index in [4.69, 9.17) is 5.73 Å². The van der Waals surface area contributed by atoms with E-state index in [-0.39, 0.29) is 9.79 Å². The number of urea groups is 1. The van der Waals surface area contributed by atoms with E-state index in [1.165, 1.54) is 128 Å². The van der Waals surface area contributed by atoms with Crippen LogP contribution in [0.1, 0.15) is 244 Å². The van der Waals surface area contributed by atoms with Gasteiger partial charge in [-0.2, -0.15) is 13.7 Å². The second-order valence-corrected chi connectivity index (χ2v) is 22.9. The van der Waals surface area contributed by atoms with Crippen LogP contribution in [-0.2, 0) is 20.0 Å². The van der Waals surface area contributed by atoms with E-state index in [1.807, 2.05) is 0 Å². The SMILES string of the molecule is CCCCCCCCCCN(CCCCCCCCCC)S(=O)(=O)c1ccc2c(c1)C(=NNC(N)=O)c1cc(S(=O)(=O)N(CCCCCCCCCC)CCCCCCCCCC)ccc1-2. The number of carbonyl (C=O) groups is 1. The fourth-order valence-electron chi connectivity index (χ4n) is 9.30. The van der Waals surface area contributed by atoms with Crippen LogP contribution in [0.15, 0.2) is 51.3 Å². The summed E-state index contributed by atoms with van der Waals surface area (Å²) in [4.78, 5) is 12.4. The van der Waals surface area contributed by atoms with Gasteiger partial charge in [0, 0.05) is 37.3 Å². The number of hydrogen-bond acceptors (Lipinski definition) is 6. The zero-order valence-electron chi connectivity index (χ0n) is 42.2. The van der Waals surface area contributed by atoms with Crippen LogP contribution in [0.5, 0.6) is 0 Å². The highest BCUT2D eigenvalue weighted by Crippen LogP contribution is 2.40. The lowest BCUT2D eigenvalue weighted by atomic mass is 10.1. The van der Waals surface area contributed by atoms with Crippen molar-refractivity contribution in [3.05, 3.63) is 47.5 Å². The first-order chi connectivity index (χ1) is 32.0. The van der Waals surface area contributed by atoms with E-state index in [0.29, 0.717) is 43.0 Å². The highest BCUT2D eigenvalue weighted by Gasteiger charge is 2.33. The number of amides is 2. The van der Waals surface area contributed by atoms with Gasteiger partial charge in [-0.3, -0.25) is 0 Å². The van der Waals surface area contributed by atoms with Crippen molar-refractivity contribution in [1.29, 1.82) is 0 Å². The molecule has 10 nitrogen and oxygen atoms in total. The minimum absolute atomic E-state index is 0.162. The molecule has 0 unspecified atom stereocenters. The second kappa shape index (κ2) is 33.7. The molecule has 2 amide bonds. The van der Waals surface area contributed by atoms with Crippen LogP contribution in [0.25, 0.3) is 11.1 Å². The molecule has 2 aromatic carbocycles. The zero-order valence-corrected chi connectivity index (χ0v) is 43.8. The van der Waals surface area contributed by atoms with Crippen molar-refractivity contribution in [1.82, 2.24) is 14.0 Å². The summed E-state index contributed by atoms with van der Waals surface area (Å²) in [6.45, 7) is 10.7. The number of unbranched alkanes of at least 4 members (excludes halogenated alkanes) is 28. The molecule has 1 aliphatic rings. The Bertz CT molecular complexity index is 1740. The van der Waals surface area contributed by atoms with Gasteiger partial charge in [0.05, 0.1) is 15.5 Å². The molecule has 0 radical (unpaired) electrons. The fourth-order valence-corrected chi connectivity index (χ4v) is 12.4. The Balaban J connectivity index is 1.87. The predicted octanol–water partition coefficient (Wildman–Crippen LogP) is 14.6. The smallest absolute Gasteiger partial charge is 0.332 e. The van der Waals surface area contributed by atoms with Crippen LogP contribution in [0.2, 0.25) is 0 Å². The summed E-state index contributed by atoms with van der Waals surface area (Å²) in [5, 5.41) is 4.40. The summed E-state index contributed by atoms with van der Waals surface area (Å²) in [7, 11) is -7.78. The number of primary amides is 1. The molecule has 0 spiro atoms. The number of nitrogens with zero attached hydrogens (tertiary/aromatic N) is 3. The molecule has 66 heavy (non-hydrogen) atoms. The standard InChI is InChI=1S/C54H93N5O5S2/c1-5-9-13-17-21-25-29-33-41-58(42-34-30-26-22-18-14-10-6-2)65(61,62)47-37-39-49-50-40-38-48(46-52(50)53(51(49)45-47)56-57-54(55)60)66(63,64)59(43-35-31-27-23-19-15-11-7-3)44-36-32-28-24-20-16-12-8-4/h37-40,45-46H,5-36,41-44H2,1-4H3,(H3,55,57,60). The van der Waals surface area contributed by atoms with Gasteiger partial charge in [-0.1, -0.05) is 220 Å². The van der Waals surface area contributed by atoms with Crippen molar-refractivity contribution in [3.63, 3.8) is 0 Å². The van der Waals surface area contributed by atoms with Gasteiger partial charge in [-0.25, -0.2) is 27.1 Å². The summed E-state index contributed by atoms with van der Waals surface area (Å²) in [5.41, 5.74) is 10.7. The third kappa shape index (κ3) is 20.4. The van der Waals surface area contributed by atoms with E-state index >= 15 is 0 Å². The van der Waals surface area contributed by atoms with Crippen LogP contribution < -0.4 is 11.2 Å². The lowest BCUT2D eigenvalue weighted by Gasteiger charge is -2.23.